The van der Waals surface area contributed by atoms with E-state index in [1.165, 1.54) is 4.90 Å². The maximum atomic E-state index is 13.7. The van der Waals surface area contributed by atoms with Gasteiger partial charge in [0.15, 0.2) is 0 Å². The van der Waals surface area contributed by atoms with Gasteiger partial charge in [0.05, 0.1) is 34.6 Å². The molecule has 3 amide bonds. The van der Waals surface area contributed by atoms with Crippen molar-refractivity contribution >= 4 is 39.6 Å². The highest BCUT2D eigenvalue weighted by Crippen LogP contribution is 2.38. The number of hydrogen-bond donors (Lipinski definition) is 1. The molecule has 9 nitrogen and oxygen atoms in total. The molecule has 202 valence electrons. The monoisotopic (exact) mass is 541 g/mol. The molecular weight excluding hydrogens is 516 g/mol. The summed E-state index contributed by atoms with van der Waals surface area (Å²) in [6.07, 6.45) is 4.89. The standard InChI is InChI=1S/C29H25F2N7O2/c30-29(31)4-7-35(8-5-29)28(40)37-10-9-36-17-22(20-12-18(13-32)11-19(16-37)26(20)36)21-14-34-27(39)25(21)23-15-33-24-3-1-2-6-38(23)24/h1-3,6,11-12,15,17H,4-5,7-10,14,16H2,(H,34,39). The molecule has 3 aliphatic heterocycles. The fourth-order valence-corrected chi connectivity index (χ4v) is 6.13. The molecule has 1 fully saturated rings. The van der Waals surface area contributed by atoms with Crippen LogP contribution >= 0.6 is 0 Å². The number of piperidine rings is 1. The summed E-state index contributed by atoms with van der Waals surface area (Å²) in [6, 6.07) is 11.2. The van der Waals surface area contributed by atoms with E-state index in [1.54, 1.807) is 17.2 Å². The number of aromatic nitrogens is 3. The van der Waals surface area contributed by atoms with Crippen molar-refractivity contribution < 1.29 is 18.4 Å². The summed E-state index contributed by atoms with van der Waals surface area (Å²) < 4.78 is 31.3. The number of carbonyl (C=O) groups excluding carboxylic acids is 2. The van der Waals surface area contributed by atoms with Gasteiger partial charge in [0.2, 0.25) is 0 Å². The van der Waals surface area contributed by atoms with Crippen LogP contribution in [-0.4, -0.2) is 67.8 Å². The third kappa shape index (κ3) is 3.82. The molecule has 1 aromatic carbocycles. The molecule has 4 aromatic rings. The SMILES string of the molecule is N#Cc1cc2c3c(c1)c(C1=C(c4cnc5ccccn45)C(=O)NC1)cn3CCN(C(=O)N1CCC(F)(F)CC1)C2. The van der Waals surface area contributed by atoms with E-state index in [2.05, 4.69) is 20.9 Å². The van der Waals surface area contributed by atoms with Crippen LogP contribution in [0.3, 0.4) is 0 Å². The predicted octanol–water partition coefficient (Wildman–Crippen LogP) is 3.87. The van der Waals surface area contributed by atoms with Crippen LogP contribution in [-0.2, 0) is 17.9 Å². The third-order valence-electron chi connectivity index (χ3n) is 8.14. The molecule has 3 aromatic heterocycles. The second-order valence-corrected chi connectivity index (χ2v) is 10.5. The summed E-state index contributed by atoms with van der Waals surface area (Å²) in [5.41, 5.74) is 5.79. The highest BCUT2D eigenvalue weighted by Gasteiger charge is 2.37. The van der Waals surface area contributed by atoms with Gasteiger partial charge in [-0.25, -0.2) is 18.6 Å². The first-order valence-electron chi connectivity index (χ1n) is 13.2. The molecule has 0 saturated carbocycles. The Hall–Kier alpha value is -4.72. The Morgan fingerprint density at radius 3 is 2.73 bits per heavy atom. The van der Waals surface area contributed by atoms with Crippen LogP contribution in [0.1, 0.15) is 35.2 Å². The number of nitrogens with one attached hydrogen (secondary N) is 1. The molecular formula is C29H25F2N7O2. The van der Waals surface area contributed by atoms with E-state index >= 15 is 0 Å². The third-order valence-corrected chi connectivity index (χ3v) is 8.14. The fourth-order valence-electron chi connectivity index (χ4n) is 6.13. The van der Waals surface area contributed by atoms with E-state index in [0.717, 1.165) is 33.3 Å². The van der Waals surface area contributed by atoms with Crippen LogP contribution in [0.25, 0.3) is 27.7 Å². The van der Waals surface area contributed by atoms with Crippen LogP contribution < -0.4 is 5.32 Å². The second kappa shape index (κ2) is 8.91. The number of amides is 3. The number of likely N-dealkylation sites (tertiary alicyclic amines) is 1. The van der Waals surface area contributed by atoms with Crippen LogP contribution in [0.15, 0.2) is 48.9 Å². The number of imidazole rings is 1. The highest BCUT2D eigenvalue weighted by atomic mass is 19.3. The van der Waals surface area contributed by atoms with E-state index in [1.807, 2.05) is 41.1 Å². The Bertz CT molecular complexity index is 1780. The van der Waals surface area contributed by atoms with Crippen LogP contribution in [0.4, 0.5) is 13.6 Å². The van der Waals surface area contributed by atoms with E-state index in [4.69, 9.17) is 0 Å². The summed E-state index contributed by atoms with van der Waals surface area (Å²) >= 11 is 0. The van der Waals surface area contributed by atoms with Gasteiger partial charge in [-0.3, -0.25) is 9.20 Å². The Labute approximate surface area is 227 Å². The van der Waals surface area contributed by atoms with Crippen LogP contribution in [0.2, 0.25) is 0 Å². The molecule has 6 heterocycles. The largest absolute Gasteiger partial charge is 0.348 e. The van der Waals surface area contributed by atoms with Gasteiger partial charge < -0.3 is 19.7 Å². The van der Waals surface area contributed by atoms with Crippen molar-refractivity contribution in [2.24, 2.45) is 0 Å². The van der Waals surface area contributed by atoms with Crippen molar-refractivity contribution in [3.63, 3.8) is 0 Å². The molecule has 0 atom stereocenters. The first-order chi connectivity index (χ1) is 19.3. The maximum absolute atomic E-state index is 13.7. The summed E-state index contributed by atoms with van der Waals surface area (Å²) in [7, 11) is 0. The zero-order valence-electron chi connectivity index (χ0n) is 21.5. The number of nitriles is 1. The maximum Gasteiger partial charge on any atom is 0.320 e. The quantitative estimate of drug-likeness (QED) is 0.417. The van der Waals surface area contributed by atoms with Gasteiger partial charge in [-0.1, -0.05) is 6.07 Å². The van der Waals surface area contributed by atoms with Gasteiger partial charge in [0, 0.05) is 75.5 Å². The Kier molecular flexibility index (Phi) is 5.42. The number of carbonyl (C=O) groups is 2. The molecule has 7 rings (SSSR count). The Morgan fingerprint density at radius 2 is 1.93 bits per heavy atom. The van der Waals surface area contributed by atoms with Crippen molar-refractivity contribution in [2.45, 2.75) is 31.9 Å². The van der Waals surface area contributed by atoms with Crippen LogP contribution in [0, 0.1) is 11.3 Å². The van der Waals surface area contributed by atoms with E-state index < -0.39 is 5.92 Å². The average Bonchev–Trinajstić information content (AvgIpc) is 3.61. The molecule has 0 radical (unpaired) electrons. The Balaban J connectivity index is 1.31. The van der Waals surface area contributed by atoms with E-state index in [-0.39, 0.29) is 44.4 Å². The molecule has 1 N–H and O–H groups in total. The molecule has 0 unspecified atom stereocenters. The lowest BCUT2D eigenvalue weighted by atomic mass is 9.97. The zero-order chi connectivity index (χ0) is 27.6. The lowest BCUT2D eigenvalue weighted by Gasteiger charge is -2.35. The van der Waals surface area contributed by atoms with Gasteiger partial charge in [0.25, 0.3) is 11.8 Å². The molecule has 0 aliphatic carbocycles. The number of pyridine rings is 1. The minimum atomic E-state index is -2.73. The molecule has 0 bridgehead atoms. The van der Waals surface area contributed by atoms with Crippen molar-refractivity contribution in [3.8, 4) is 6.07 Å². The highest BCUT2D eigenvalue weighted by molar-refractivity contribution is 6.31. The fraction of sp³-hybridized carbons (Fsp3) is 0.310. The summed E-state index contributed by atoms with van der Waals surface area (Å²) in [5.74, 6) is -2.92. The second-order valence-electron chi connectivity index (χ2n) is 10.5. The molecule has 0 spiro atoms. The van der Waals surface area contributed by atoms with E-state index in [0.29, 0.717) is 36.5 Å². The minimum Gasteiger partial charge on any atom is -0.348 e. The molecule has 40 heavy (non-hydrogen) atoms. The van der Waals surface area contributed by atoms with Gasteiger partial charge in [-0.15, -0.1) is 0 Å². The number of nitrogens with zero attached hydrogens (tertiary/aromatic N) is 6. The van der Waals surface area contributed by atoms with Crippen molar-refractivity contribution in [1.82, 2.24) is 29.1 Å². The van der Waals surface area contributed by atoms with E-state index in [9.17, 15) is 23.6 Å². The smallest absolute Gasteiger partial charge is 0.320 e. The lowest BCUT2D eigenvalue weighted by Crippen LogP contribution is -2.49. The number of benzene rings is 1. The number of alkyl halides is 2. The lowest BCUT2D eigenvalue weighted by molar-refractivity contribution is -0.114. The van der Waals surface area contributed by atoms with Crippen molar-refractivity contribution in [3.05, 3.63) is 71.3 Å². The first-order valence-corrected chi connectivity index (χ1v) is 13.2. The molecule has 3 aliphatic rings. The Morgan fingerprint density at radius 1 is 1.10 bits per heavy atom. The van der Waals surface area contributed by atoms with Gasteiger partial charge >= 0.3 is 6.03 Å². The van der Waals surface area contributed by atoms with Crippen LogP contribution in [0.5, 0.6) is 0 Å². The summed E-state index contributed by atoms with van der Waals surface area (Å²) in [4.78, 5) is 34.1. The summed E-state index contributed by atoms with van der Waals surface area (Å²) in [5, 5.41) is 13.6. The molecule has 11 heteroatoms. The zero-order valence-corrected chi connectivity index (χ0v) is 21.5. The summed E-state index contributed by atoms with van der Waals surface area (Å²) in [6.45, 7) is 1.52. The number of rotatable bonds is 2. The number of hydrogen-bond acceptors (Lipinski definition) is 4. The van der Waals surface area contributed by atoms with Gasteiger partial charge in [0.1, 0.15) is 5.65 Å². The molecule has 1 saturated heterocycles. The first kappa shape index (κ1) is 24.3. The van der Waals surface area contributed by atoms with Crippen molar-refractivity contribution in [1.29, 1.82) is 5.26 Å². The number of fused-ring (bicyclic) bond motifs is 1. The van der Waals surface area contributed by atoms with Gasteiger partial charge in [-0.05, 0) is 35.4 Å². The topological polar surface area (TPSA) is 98.7 Å². The normalized spacial score (nSPS) is 18.8. The minimum absolute atomic E-state index is 0.0215. The predicted molar refractivity (Wildman–Crippen MR) is 143 cm³/mol. The number of urea groups is 1. The average molecular weight is 542 g/mol. The number of halogens is 2. The van der Waals surface area contributed by atoms with Crippen molar-refractivity contribution in [2.75, 3.05) is 26.2 Å². The van der Waals surface area contributed by atoms with Gasteiger partial charge in [-0.2, -0.15) is 5.26 Å².